The van der Waals surface area contributed by atoms with Crippen LogP contribution in [0.25, 0.3) is 0 Å². The molecule has 4 nitrogen and oxygen atoms in total. The molecule has 2 rings (SSSR count). The van der Waals surface area contributed by atoms with E-state index in [4.69, 9.17) is 9.52 Å². The normalized spacial score (nSPS) is 10.5. The van der Waals surface area contributed by atoms with E-state index in [-0.39, 0.29) is 12.4 Å². The van der Waals surface area contributed by atoms with Crippen molar-refractivity contribution in [1.29, 1.82) is 0 Å². The summed E-state index contributed by atoms with van der Waals surface area (Å²) in [7, 11) is 0. The second-order valence-corrected chi connectivity index (χ2v) is 3.24. The van der Waals surface area contributed by atoms with E-state index in [0.29, 0.717) is 18.0 Å². The van der Waals surface area contributed by atoms with E-state index >= 15 is 0 Å². The summed E-state index contributed by atoms with van der Waals surface area (Å²) in [6.07, 6.45) is 1.94. The lowest BCUT2D eigenvalue weighted by Gasteiger charge is -1.97. The molecule has 0 aliphatic rings. The fourth-order valence-corrected chi connectivity index (χ4v) is 1.34. The van der Waals surface area contributed by atoms with Crippen molar-refractivity contribution in [2.75, 3.05) is 0 Å². The fourth-order valence-electron chi connectivity index (χ4n) is 1.34. The van der Waals surface area contributed by atoms with Gasteiger partial charge in [0.25, 0.3) is 0 Å². The van der Waals surface area contributed by atoms with Crippen LogP contribution in [0.15, 0.2) is 34.9 Å². The maximum Gasteiger partial charge on any atom is 0.198 e. The Balaban J connectivity index is 2.14. The molecule has 0 saturated carbocycles. The smallest absolute Gasteiger partial charge is 0.198 e. The largest absolute Gasteiger partial charge is 0.508 e. The Hall–Kier alpha value is -1.81. The number of hydrogen-bond acceptors (Lipinski definition) is 4. The van der Waals surface area contributed by atoms with Crippen molar-refractivity contribution >= 4 is 0 Å². The van der Waals surface area contributed by atoms with E-state index < -0.39 is 0 Å². The van der Waals surface area contributed by atoms with E-state index in [1.165, 1.54) is 6.26 Å². The number of phenols is 1. The third-order valence-electron chi connectivity index (χ3n) is 2.03. The van der Waals surface area contributed by atoms with E-state index in [0.717, 1.165) is 5.56 Å². The molecule has 0 atom stereocenters. The van der Waals surface area contributed by atoms with Gasteiger partial charge in [-0.15, -0.1) is 0 Å². The Morgan fingerprint density at radius 2 is 2.20 bits per heavy atom. The van der Waals surface area contributed by atoms with Gasteiger partial charge < -0.3 is 14.6 Å². The zero-order valence-corrected chi connectivity index (χ0v) is 8.05. The number of aromatic hydroxyl groups is 1. The van der Waals surface area contributed by atoms with Gasteiger partial charge in [-0.3, -0.25) is 0 Å². The highest BCUT2D eigenvalue weighted by molar-refractivity contribution is 5.28. The number of hydrogen-bond donors (Lipinski definition) is 2. The summed E-state index contributed by atoms with van der Waals surface area (Å²) in [5.74, 6) is 0.756. The zero-order valence-electron chi connectivity index (χ0n) is 8.05. The van der Waals surface area contributed by atoms with Crippen molar-refractivity contribution in [3.05, 3.63) is 47.7 Å². The van der Waals surface area contributed by atoms with Gasteiger partial charge in [0, 0.05) is 6.42 Å². The lowest BCUT2D eigenvalue weighted by molar-refractivity contribution is 0.276. The number of benzene rings is 1. The minimum absolute atomic E-state index is 0.121. The maximum atomic E-state index is 9.25. The van der Waals surface area contributed by atoms with Crippen LogP contribution in [-0.2, 0) is 13.0 Å². The number of phenolic OH excluding ortho intramolecular Hbond substituents is 1. The molecule has 0 spiro atoms. The van der Waals surface area contributed by atoms with E-state index in [2.05, 4.69) is 4.98 Å². The first-order chi connectivity index (χ1) is 7.28. The number of aliphatic hydroxyl groups excluding tert-OH is 1. The number of rotatable bonds is 3. The molecule has 0 unspecified atom stereocenters. The van der Waals surface area contributed by atoms with Gasteiger partial charge in [0.2, 0.25) is 0 Å². The quantitative estimate of drug-likeness (QED) is 0.796. The number of oxazole rings is 1. The highest BCUT2D eigenvalue weighted by atomic mass is 16.3. The van der Waals surface area contributed by atoms with Gasteiger partial charge in [-0.2, -0.15) is 0 Å². The number of aromatic nitrogens is 1. The summed E-state index contributed by atoms with van der Waals surface area (Å²) in [5, 5.41) is 18.1. The van der Waals surface area contributed by atoms with Crippen LogP contribution in [0.3, 0.4) is 0 Å². The zero-order chi connectivity index (χ0) is 10.7. The van der Waals surface area contributed by atoms with Crippen LogP contribution in [0.5, 0.6) is 5.75 Å². The van der Waals surface area contributed by atoms with Crippen LogP contribution in [0.4, 0.5) is 0 Å². The predicted octanol–water partition coefficient (Wildman–Crippen LogP) is 1.46. The second-order valence-electron chi connectivity index (χ2n) is 3.24. The Labute approximate surface area is 86.8 Å². The van der Waals surface area contributed by atoms with Gasteiger partial charge in [0.1, 0.15) is 17.7 Å². The molecule has 1 heterocycles. The minimum Gasteiger partial charge on any atom is -0.508 e. The summed E-state index contributed by atoms with van der Waals surface area (Å²) in [5.41, 5.74) is 1.44. The Morgan fingerprint density at radius 3 is 2.87 bits per heavy atom. The molecule has 2 N–H and O–H groups in total. The van der Waals surface area contributed by atoms with Crippen LogP contribution < -0.4 is 0 Å². The SMILES string of the molecule is OCc1coc(Cc2cccc(O)c2)n1. The monoisotopic (exact) mass is 205 g/mol. The molecule has 0 amide bonds. The highest BCUT2D eigenvalue weighted by Gasteiger charge is 2.04. The Morgan fingerprint density at radius 1 is 1.33 bits per heavy atom. The molecule has 0 aliphatic heterocycles. The third kappa shape index (κ3) is 2.35. The predicted molar refractivity (Wildman–Crippen MR) is 53.3 cm³/mol. The molecular formula is C11H11NO3. The molecule has 15 heavy (non-hydrogen) atoms. The molecule has 4 heteroatoms. The van der Waals surface area contributed by atoms with Crippen molar-refractivity contribution in [1.82, 2.24) is 4.98 Å². The van der Waals surface area contributed by atoms with Crippen molar-refractivity contribution in [2.45, 2.75) is 13.0 Å². The van der Waals surface area contributed by atoms with Crippen molar-refractivity contribution < 1.29 is 14.6 Å². The summed E-state index contributed by atoms with van der Waals surface area (Å²) in [6, 6.07) is 6.91. The van der Waals surface area contributed by atoms with Crippen LogP contribution in [-0.4, -0.2) is 15.2 Å². The summed E-state index contributed by atoms with van der Waals surface area (Å²) in [6.45, 7) is -0.121. The van der Waals surface area contributed by atoms with Crippen molar-refractivity contribution in [3.63, 3.8) is 0 Å². The molecule has 1 aromatic heterocycles. The van der Waals surface area contributed by atoms with Gasteiger partial charge >= 0.3 is 0 Å². The Kier molecular flexibility index (Phi) is 2.69. The third-order valence-corrected chi connectivity index (χ3v) is 2.03. The van der Waals surface area contributed by atoms with Crippen molar-refractivity contribution in [2.24, 2.45) is 0 Å². The molecule has 2 aromatic rings. The highest BCUT2D eigenvalue weighted by Crippen LogP contribution is 2.14. The maximum absolute atomic E-state index is 9.25. The van der Waals surface area contributed by atoms with Crippen molar-refractivity contribution in [3.8, 4) is 5.75 Å². The molecule has 0 fully saturated rings. The first-order valence-electron chi connectivity index (χ1n) is 4.60. The van der Waals surface area contributed by atoms with Gasteiger partial charge in [-0.05, 0) is 17.7 Å². The molecular weight excluding hydrogens is 194 g/mol. The average Bonchev–Trinajstić information content (AvgIpc) is 2.65. The van der Waals surface area contributed by atoms with Crippen LogP contribution >= 0.6 is 0 Å². The lowest BCUT2D eigenvalue weighted by Crippen LogP contribution is -1.89. The van der Waals surface area contributed by atoms with Gasteiger partial charge in [-0.25, -0.2) is 4.98 Å². The molecule has 0 bridgehead atoms. The molecule has 0 aliphatic carbocycles. The topological polar surface area (TPSA) is 66.5 Å². The average molecular weight is 205 g/mol. The van der Waals surface area contributed by atoms with E-state index in [1.54, 1.807) is 18.2 Å². The van der Waals surface area contributed by atoms with E-state index in [1.807, 2.05) is 6.07 Å². The summed E-state index contributed by atoms with van der Waals surface area (Å²) in [4.78, 5) is 4.06. The van der Waals surface area contributed by atoms with E-state index in [9.17, 15) is 5.11 Å². The second kappa shape index (κ2) is 4.14. The van der Waals surface area contributed by atoms with Gasteiger partial charge in [0.15, 0.2) is 5.89 Å². The number of nitrogens with zero attached hydrogens (tertiary/aromatic N) is 1. The standard InChI is InChI=1S/C11H11NO3/c13-6-9-7-15-11(12-9)5-8-2-1-3-10(14)4-8/h1-4,7,13-14H,5-6H2. The summed E-state index contributed by atoms with van der Waals surface area (Å²) >= 11 is 0. The molecule has 0 saturated heterocycles. The first-order valence-corrected chi connectivity index (χ1v) is 4.60. The minimum atomic E-state index is -0.121. The van der Waals surface area contributed by atoms with Gasteiger partial charge in [0.05, 0.1) is 6.61 Å². The first kappa shape index (κ1) is 9.73. The van der Waals surface area contributed by atoms with Gasteiger partial charge in [-0.1, -0.05) is 12.1 Å². The fraction of sp³-hybridized carbons (Fsp3) is 0.182. The molecule has 1 aromatic carbocycles. The van der Waals surface area contributed by atoms with Crippen LogP contribution in [0.1, 0.15) is 17.1 Å². The lowest BCUT2D eigenvalue weighted by atomic mass is 10.1. The Bertz CT molecular complexity index is 451. The van der Waals surface area contributed by atoms with Crippen LogP contribution in [0, 0.1) is 0 Å². The van der Waals surface area contributed by atoms with Crippen LogP contribution in [0.2, 0.25) is 0 Å². The molecule has 0 radical (unpaired) electrons. The molecule has 78 valence electrons. The summed E-state index contributed by atoms with van der Waals surface area (Å²) < 4.78 is 5.15. The number of aliphatic hydroxyl groups is 1.